The van der Waals surface area contributed by atoms with Crippen molar-refractivity contribution < 1.29 is 14.7 Å². The summed E-state index contributed by atoms with van der Waals surface area (Å²) in [7, 11) is 1.84. The molecule has 0 spiro atoms. The van der Waals surface area contributed by atoms with Gasteiger partial charge in [0.05, 0.1) is 5.56 Å². The lowest BCUT2D eigenvalue weighted by molar-refractivity contribution is 0.0697. The first-order valence-electron chi connectivity index (χ1n) is 7.39. The number of carboxylic acid groups (broad SMARTS) is 1. The molecule has 1 aliphatic carbocycles. The summed E-state index contributed by atoms with van der Waals surface area (Å²) in [5.41, 5.74) is 2.02. The average Bonchev–Trinajstić information content (AvgIpc) is 3.24. The third-order valence-corrected chi connectivity index (χ3v) is 4.68. The zero-order valence-electron chi connectivity index (χ0n) is 12.4. The fourth-order valence-electron chi connectivity index (χ4n) is 2.97. The minimum atomic E-state index is -0.961. The molecule has 0 bridgehead atoms. The van der Waals surface area contributed by atoms with E-state index in [1.165, 1.54) is 12.8 Å². The molecule has 2 aliphatic rings. The lowest BCUT2D eigenvalue weighted by atomic mass is 10.1. The monoisotopic (exact) mass is 288 g/mol. The summed E-state index contributed by atoms with van der Waals surface area (Å²) in [6.07, 6.45) is 3.17. The van der Waals surface area contributed by atoms with Crippen molar-refractivity contribution in [1.29, 1.82) is 0 Å². The van der Waals surface area contributed by atoms with Gasteiger partial charge in [0.1, 0.15) is 0 Å². The number of rotatable bonds is 3. The van der Waals surface area contributed by atoms with Crippen molar-refractivity contribution in [3.8, 4) is 0 Å². The molecule has 1 aromatic carbocycles. The molecule has 1 aromatic rings. The van der Waals surface area contributed by atoms with Gasteiger partial charge < -0.3 is 10.0 Å². The van der Waals surface area contributed by atoms with E-state index < -0.39 is 5.97 Å². The Hall–Kier alpha value is -2.04. The first kappa shape index (κ1) is 13.9. The Bertz CT molecular complexity index is 595. The maximum absolute atomic E-state index is 12.7. The van der Waals surface area contributed by atoms with Gasteiger partial charge in [-0.15, -0.1) is 0 Å². The van der Waals surface area contributed by atoms with Crippen molar-refractivity contribution in [3.05, 3.63) is 29.3 Å². The summed E-state index contributed by atoms with van der Waals surface area (Å²) in [5, 5.41) is 9.11. The summed E-state index contributed by atoms with van der Waals surface area (Å²) in [4.78, 5) is 27.3. The predicted molar refractivity (Wildman–Crippen MR) is 79.8 cm³/mol. The van der Waals surface area contributed by atoms with Crippen LogP contribution in [0.25, 0.3) is 0 Å². The van der Waals surface area contributed by atoms with Gasteiger partial charge in [0.25, 0.3) is 0 Å². The molecule has 1 unspecified atom stereocenters. The third kappa shape index (κ3) is 2.48. The molecule has 1 heterocycles. The summed E-state index contributed by atoms with van der Waals surface area (Å²) in [5.74, 6) is -0.344. The summed E-state index contributed by atoms with van der Waals surface area (Å²) >= 11 is 0. The average molecular weight is 288 g/mol. The number of anilines is 1. The molecule has 21 heavy (non-hydrogen) atoms. The smallest absolute Gasteiger partial charge is 0.335 e. The number of hydrogen-bond donors (Lipinski definition) is 1. The van der Waals surface area contributed by atoms with Crippen LogP contribution in [0.4, 0.5) is 10.5 Å². The normalized spacial score (nSPS) is 18.3. The Kier molecular flexibility index (Phi) is 3.35. The van der Waals surface area contributed by atoms with Gasteiger partial charge in [-0.3, -0.25) is 4.90 Å². The third-order valence-electron chi connectivity index (χ3n) is 4.68. The number of carbonyl (C=O) groups excluding carboxylic acids is 1. The van der Waals surface area contributed by atoms with Crippen LogP contribution in [0.1, 0.15) is 35.7 Å². The number of benzene rings is 1. The van der Waals surface area contributed by atoms with E-state index in [0.29, 0.717) is 12.5 Å². The standard InChI is InChI=1S/C16H20N2O3/c1-10(11-3-4-11)17(2)16(21)18-8-7-12-5-6-13(15(19)20)9-14(12)18/h5-6,9-11H,3-4,7-8H2,1-2H3,(H,19,20). The second kappa shape index (κ2) is 5.06. The lowest BCUT2D eigenvalue weighted by Crippen LogP contribution is -2.45. The lowest BCUT2D eigenvalue weighted by Gasteiger charge is -2.30. The van der Waals surface area contributed by atoms with E-state index in [1.807, 2.05) is 13.1 Å². The van der Waals surface area contributed by atoms with E-state index in [0.717, 1.165) is 17.7 Å². The van der Waals surface area contributed by atoms with Crippen molar-refractivity contribution in [3.63, 3.8) is 0 Å². The summed E-state index contributed by atoms with van der Waals surface area (Å²) < 4.78 is 0. The van der Waals surface area contributed by atoms with Crippen LogP contribution >= 0.6 is 0 Å². The summed E-state index contributed by atoms with van der Waals surface area (Å²) in [6, 6.07) is 5.24. The molecule has 0 saturated heterocycles. The van der Waals surface area contributed by atoms with Crippen molar-refractivity contribution in [1.82, 2.24) is 4.90 Å². The Morgan fingerprint density at radius 2 is 2.10 bits per heavy atom. The van der Waals surface area contributed by atoms with Crippen LogP contribution in [-0.2, 0) is 6.42 Å². The van der Waals surface area contributed by atoms with Crippen LogP contribution in [0.5, 0.6) is 0 Å². The molecule has 112 valence electrons. The number of aromatic carboxylic acids is 1. The van der Waals surface area contributed by atoms with Gasteiger partial charge in [-0.2, -0.15) is 0 Å². The van der Waals surface area contributed by atoms with Crippen LogP contribution < -0.4 is 4.90 Å². The molecule has 1 aliphatic heterocycles. The van der Waals surface area contributed by atoms with Crippen LogP contribution in [-0.4, -0.2) is 41.6 Å². The molecule has 1 fully saturated rings. The van der Waals surface area contributed by atoms with E-state index in [-0.39, 0.29) is 17.6 Å². The van der Waals surface area contributed by atoms with Gasteiger partial charge in [0.15, 0.2) is 0 Å². The Balaban J connectivity index is 1.83. The Morgan fingerprint density at radius 3 is 2.71 bits per heavy atom. The number of urea groups is 1. The fraction of sp³-hybridized carbons (Fsp3) is 0.500. The van der Waals surface area contributed by atoms with E-state index in [4.69, 9.17) is 5.11 Å². The minimum absolute atomic E-state index is 0.0318. The highest BCUT2D eigenvalue weighted by Crippen LogP contribution is 2.36. The van der Waals surface area contributed by atoms with Gasteiger partial charge in [0.2, 0.25) is 0 Å². The molecule has 0 radical (unpaired) electrons. The van der Waals surface area contributed by atoms with Crippen LogP contribution in [0.2, 0.25) is 0 Å². The zero-order chi connectivity index (χ0) is 15.1. The molecular weight excluding hydrogens is 268 g/mol. The minimum Gasteiger partial charge on any atom is -0.478 e. The van der Waals surface area contributed by atoms with Crippen molar-refractivity contribution in [2.45, 2.75) is 32.2 Å². The van der Waals surface area contributed by atoms with Crippen molar-refractivity contribution >= 4 is 17.7 Å². The van der Waals surface area contributed by atoms with Crippen LogP contribution in [0.15, 0.2) is 18.2 Å². The summed E-state index contributed by atoms with van der Waals surface area (Å²) in [6.45, 7) is 2.71. The topological polar surface area (TPSA) is 60.9 Å². The second-order valence-electron chi connectivity index (χ2n) is 6.02. The van der Waals surface area contributed by atoms with Crippen LogP contribution in [0, 0.1) is 5.92 Å². The number of nitrogens with zero attached hydrogens (tertiary/aromatic N) is 2. The van der Waals surface area contributed by atoms with Crippen molar-refractivity contribution in [2.75, 3.05) is 18.5 Å². The molecule has 5 heteroatoms. The van der Waals surface area contributed by atoms with E-state index in [1.54, 1.807) is 21.9 Å². The predicted octanol–water partition coefficient (Wildman–Crippen LogP) is 2.60. The Morgan fingerprint density at radius 1 is 1.38 bits per heavy atom. The second-order valence-corrected chi connectivity index (χ2v) is 6.02. The molecule has 1 atom stereocenters. The highest BCUT2D eigenvalue weighted by Gasteiger charge is 2.35. The number of carbonyl (C=O) groups is 2. The quantitative estimate of drug-likeness (QED) is 0.930. The molecule has 3 rings (SSSR count). The van der Waals surface area contributed by atoms with Gasteiger partial charge in [-0.1, -0.05) is 6.07 Å². The van der Waals surface area contributed by atoms with Crippen LogP contribution in [0.3, 0.4) is 0 Å². The number of carboxylic acids is 1. The Labute approximate surface area is 124 Å². The zero-order valence-corrected chi connectivity index (χ0v) is 12.4. The molecule has 5 nitrogen and oxygen atoms in total. The molecule has 1 N–H and O–H groups in total. The fourth-order valence-corrected chi connectivity index (χ4v) is 2.97. The van der Waals surface area contributed by atoms with Gasteiger partial charge in [-0.25, -0.2) is 9.59 Å². The van der Waals surface area contributed by atoms with E-state index >= 15 is 0 Å². The van der Waals surface area contributed by atoms with Gasteiger partial charge in [-0.05, 0) is 49.8 Å². The van der Waals surface area contributed by atoms with E-state index in [9.17, 15) is 9.59 Å². The molecular formula is C16H20N2O3. The molecule has 1 saturated carbocycles. The maximum atomic E-state index is 12.7. The van der Waals surface area contributed by atoms with Crippen molar-refractivity contribution in [2.24, 2.45) is 5.92 Å². The highest BCUT2D eigenvalue weighted by molar-refractivity contribution is 5.97. The SMILES string of the molecule is CC(C1CC1)N(C)C(=O)N1CCc2ccc(C(=O)O)cc21. The van der Waals surface area contributed by atoms with Gasteiger partial charge >= 0.3 is 12.0 Å². The molecule has 2 amide bonds. The largest absolute Gasteiger partial charge is 0.478 e. The number of hydrogen-bond acceptors (Lipinski definition) is 2. The first-order chi connectivity index (χ1) is 9.99. The first-order valence-corrected chi connectivity index (χ1v) is 7.39. The number of amides is 2. The number of fused-ring (bicyclic) bond motifs is 1. The van der Waals surface area contributed by atoms with Gasteiger partial charge in [0, 0.05) is 25.3 Å². The highest BCUT2D eigenvalue weighted by atomic mass is 16.4. The molecule has 0 aromatic heterocycles. The van der Waals surface area contributed by atoms with E-state index in [2.05, 4.69) is 6.92 Å². The maximum Gasteiger partial charge on any atom is 0.335 e.